The summed E-state index contributed by atoms with van der Waals surface area (Å²) >= 11 is 0. The molecule has 1 saturated heterocycles. The first-order valence-electron chi connectivity index (χ1n) is 8.95. The van der Waals surface area contributed by atoms with Crippen molar-refractivity contribution in [2.75, 3.05) is 13.1 Å². The van der Waals surface area contributed by atoms with Crippen LogP contribution in [0.25, 0.3) is 0 Å². The van der Waals surface area contributed by atoms with Crippen LogP contribution in [-0.4, -0.2) is 62.0 Å². The number of aromatic nitrogens is 4. The number of carbonyl (C=O) groups is 1. The Morgan fingerprint density at radius 3 is 2.18 bits per heavy atom. The summed E-state index contributed by atoms with van der Waals surface area (Å²) in [5, 5.41) is 10.9. The first kappa shape index (κ1) is 20.7. The lowest BCUT2D eigenvalue weighted by molar-refractivity contribution is -0.204. The maximum absolute atomic E-state index is 13.9. The Kier molecular flexibility index (Phi) is 4.82. The number of hydrogen-bond acceptors (Lipinski definition) is 5. The van der Waals surface area contributed by atoms with Gasteiger partial charge >= 0.3 is 12.3 Å². The van der Waals surface area contributed by atoms with Gasteiger partial charge in [-0.25, -0.2) is 13.6 Å². The third kappa shape index (κ3) is 3.90. The molecule has 0 aromatic carbocycles. The van der Waals surface area contributed by atoms with Crippen LogP contribution in [0.15, 0.2) is 0 Å². The van der Waals surface area contributed by atoms with Gasteiger partial charge in [0.2, 0.25) is 0 Å². The zero-order chi connectivity index (χ0) is 21.0. The van der Waals surface area contributed by atoms with Gasteiger partial charge in [0.1, 0.15) is 11.0 Å². The van der Waals surface area contributed by atoms with E-state index in [0.29, 0.717) is 0 Å². The molecule has 0 N–H and O–H groups in total. The van der Waals surface area contributed by atoms with E-state index in [-0.39, 0.29) is 13.1 Å². The molecular formula is C16H22F5N5O2. The fourth-order valence-electron chi connectivity index (χ4n) is 3.40. The van der Waals surface area contributed by atoms with Gasteiger partial charge in [0.05, 0.1) is 6.04 Å². The van der Waals surface area contributed by atoms with Crippen molar-refractivity contribution in [1.29, 1.82) is 0 Å². The minimum absolute atomic E-state index is 0.190. The van der Waals surface area contributed by atoms with Gasteiger partial charge in [0.25, 0.3) is 5.92 Å². The van der Waals surface area contributed by atoms with Crippen molar-refractivity contribution >= 4 is 6.09 Å². The number of tetrazole rings is 1. The van der Waals surface area contributed by atoms with Crippen LogP contribution in [0, 0.1) is 0 Å². The van der Waals surface area contributed by atoms with Crippen molar-refractivity contribution < 1.29 is 31.5 Å². The second-order valence-electron chi connectivity index (χ2n) is 8.40. The predicted octanol–water partition coefficient (Wildman–Crippen LogP) is 3.47. The maximum atomic E-state index is 13.9. The van der Waals surface area contributed by atoms with Gasteiger partial charge in [0, 0.05) is 25.9 Å². The van der Waals surface area contributed by atoms with E-state index in [1.165, 1.54) is 4.90 Å². The van der Waals surface area contributed by atoms with E-state index in [1.54, 1.807) is 20.8 Å². The molecule has 7 nitrogen and oxygen atoms in total. The minimum atomic E-state index is -4.68. The van der Waals surface area contributed by atoms with Gasteiger partial charge in [-0.05, 0) is 38.8 Å². The summed E-state index contributed by atoms with van der Waals surface area (Å²) in [6.07, 6.45) is -7.31. The Balaban J connectivity index is 1.75. The lowest BCUT2D eigenvalue weighted by atomic mass is 9.77. The molecule has 12 heteroatoms. The van der Waals surface area contributed by atoms with Gasteiger partial charge in [-0.2, -0.15) is 18.0 Å². The van der Waals surface area contributed by atoms with E-state index >= 15 is 0 Å². The average Bonchev–Trinajstić information content (AvgIpc) is 2.99. The zero-order valence-electron chi connectivity index (χ0n) is 15.8. The molecule has 1 aliphatic heterocycles. The zero-order valence-corrected chi connectivity index (χ0v) is 15.8. The summed E-state index contributed by atoms with van der Waals surface area (Å²) in [7, 11) is 0. The van der Waals surface area contributed by atoms with Crippen LogP contribution in [0.3, 0.4) is 0 Å². The minimum Gasteiger partial charge on any atom is -0.444 e. The van der Waals surface area contributed by atoms with Gasteiger partial charge in [-0.3, -0.25) is 0 Å². The second-order valence-corrected chi connectivity index (χ2v) is 8.40. The van der Waals surface area contributed by atoms with E-state index < -0.39 is 66.8 Å². The molecular weight excluding hydrogens is 389 g/mol. The van der Waals surface area contributed by atoms with Crippen molar-refractivity contribution in [3.05, 3.63) is 5.82 Å². The number of amides is 1. The Labute approximate surface area is 158 Å². The van der Waals surface area contributed by atoms with Crippen LogP contribution in [0.4, 0.5) is 26.7 Å². The van der Waals surface area contributed by atoms with Crippen molar-refractivity contribution in [3.8, 4) is 0 Å². The van der Waals surface area contributed by atoms with Crippen LogP contribution in [0.5, 0.6) is 0 Å². The third-order valence-electron chi connectivity index (χ3n) is 5.06. The van der Waals surface area contributed by atoms with E-state index in [0.717, 1.165) is 4.80 Å². The molecule has 0 spiro atoms. The SMILES string of the molecule is CC(C)(C)OC(=O)N1CCC(c2nnn(C3CC(F)(F)C3)n2)(C(F)(F)F)CC1. The molecule has 0 atom stereocenters. The average molecular weight is 411 g/mol. The first-order valence-corrected chi connectivity index (χ1v) is 8.95. The predicted molar refractivity (Wildman–Crippen MR) is 85.8 cm³/mol. The number of likely N-dealkylation sites (tertiary alicyclic amines) is 1. The fourth-order valence-corrected chi connectivity index (χ4v) is 3.40. The van der Waals surface area contributed by atoms with E-state index in [1.807, 2.05) is 0 Å². The Bertz CT molecular complexity index is 727. The number of halogens is 5. The fraction of sp³-hybridized carbons (Fsp3) is 0.875. The van der Waals surface area contributed by atoms with Gasteiger partial charge < -0.3 is 9.64 Å². The van der Waals surface area contributed by atoms with Crippen molar-refractivity contribution in [3.63, 3.8) is 0 Å². The summed E-state index contributed by atoms with van der Waals surface area (Å²) in [6, 6.07) is -0.761. The van der Waals surface area contributed by atoms with Crippen LogP contribution in [0.2, 0.25) is 0 Å². The summed E-state index contributed by atoms with van der Waals surface area (Å²) in [6.45, 7) is 4.62. The molecule has 2 aliphatic rings. The van der Waals surface area contributed by atoms with E-state index in [4.69, 9.17) is 4.74 Å². The first-order chi connectivity index (χ1) is 12.7. The van der Waals surface area contributed by atoms with Crippen molar-refractivity contribution in [2.24, 2.45) is 0 Å². The molecule has 0 unspecified atom stereocenters. The number of rotatable bonds is 2. The summed E-state index contributed by atoms with van der Waals surface area (Å²) in [4.78, 5) is 14.2. The van der Waals surface area contributed by atoms with E-state index in [9.17, 15) is 26.7 Å². The van der Waals surface area contributed by atoms with Crippen LogP contribution >= 0.6 is 0 Å². The van der Waals surface area contributed by atoms with Crippen LogP contribution < -0.4 is 0 Å². The molecule has 1 saturated carbocycles. The van der Waals surface area contributed by atoms with E-state index in [2.05, 4.69) is 15.4 Å². The standard InChI is InChI=1S/C16H22F5N5O2/c1-13(2,3)28-12(27)25-6-4-14(5-7-25,16(19,20)21)11-22-24-26(23-11)10-8-15(17,18)9-10/h10H,4-9H2,1-3H3. The number of piperidine rings is 1. The molecule has 0 bridgehead atoms. The van der Waals surface area contributed by atoms with Crippen LogP contribution in [-0.2, 0) is 10.2 Å². The molecule has 1 amide bonds. The number of carbonyl (C=O) groups excluding carboxylic acids is 1. The molecule has 0 radical (unpaired) electrons. The number of alkyl halides is 5. The van der Waals surface area contributed by atoms with Crippen molar-refractivity contribution in [2.45, 2.75) is 75.6 Å². The summed E-state index contributed by atoms with van der Waals surface area (Å²) in [5.41, 5.74) is -3.14. The smallest absolute Gasteiger partial charge is 0.410 e. The number of hydrogen-bond donors (Lipinski definition) is 0. The Morgan fingerprint density at radius 1 is 1.14 bits per heavy atom. The topological polar surface area (TPSA) is 73.1 Å². The highest BCUT2D eigenvalue weighted by molar-refractivity contribution is 5.68. The highest BCUT2D eigenvalue weighted by Gasteiger charge is 2.60. The molecule has 28 heavy (non-hydrogen) atoms. The van der Waals surface area contributed by atoms with Gasteiger partial charge in [-0.1, -0.05) is 0 Å². The lowest BCUT2D eigenvalue weighted by Gasteiger charge is -2.41. The molecule has 3 rings (SSSR count). The number of ether oxygens (including phenoxy) is 1. The highest BCUT2D eigenvalue weighted by atomic mass is 19.4. The normalized spacial score (nSPS) is 22.6. The lowest BCUT2D eigenvalue weighted by Crippen LogP contribution is -2.53. The molecule has 2 heterocycles. The molecule has 158 valence electrons. The highest BCUT2D eigenvalue weighted by Crippen LogP contribution is 2.48. The monoisotopic (exact) mass is 411 g/mol. The van der Waals surface area contributed by atoms with Crippen LogP contribution in [0.1, 0.15) is 58.3 Å². The number of nitrogens with zero attached hydrogens (tertiary/aromatic N) is 5. The molecule has 1 aromatic heterocycles. The summed E-state index contributed by atoms with van der Waals surface area (Å²) in [5.74, 6) is -3.39. The Morgan fingerprint density at radius 2 is 1.71 bits per heavy atom. The van der Waals surface area contributed by atoms with Gasteiger partial charge in [-0.15, -0.1) is 10.2 Å². The third-order valence-corrected chi connectivity index (χ3v) is 5.06. The second kappa shape index (κ2) is 6.51. The Hall–Kier alpha value is -2.01. The quantitative estimate of drug-likeness (QED) is 0.697. The van der Waals surface area contributed by atoms with Gasteiger partial charge in [0.15, 0.2) is 5.82 Å². The largest absolute Gasteiger partial charge is 0.444 e. The molecule has 1 aromatic rings. The molecule has 1 aliphatic carbocycles. The molecule has 2 fully saturated rings. The summed E-state index contributed by atoms with van der Waals surface area (Å²) < 4.78 is 73.1. The van der Waals surface area contributed by atoms with Crippen molar-refractivity contribution in [1.82, 2.24) is 25.1 Å². The maximum Gasteiger partial charge on any atom is 0.410 e.